The third-order valence-electron chi connectivity index (χ3n) is 3.35. The predicted octanol–water partition coefficient (Wildman–Crippen LogP) is 4.32. The highest BCUT2D eigenvalue weighted by molar-refractivity contribution is 7.10. The lowest BCUT2D eigenvalue weighted by Gasteiger charge is -2.18. The summed E-state index contributed by atoms with van der Waals surface area (Å²) in [5.41, 5.74) is 0.825. The molecule has 4 heteroatoms. The second-order valence-electron chi connectivity index (χ2n) is 4.78. The minimum Gasteiger partial charge on any atom is -0.375 e. The van der Waals surface area contributed by atoms with Crippen molar-refractivity contribution >= 4 is 17.0 Å². The number of nitrogens with one attached hydrogen (secondary N) is 1. The number of nitrogens with zero attached hydrogens (tertiary/aromatic N) is 1. The van der Waals surface area contributed by atoms with Gasteiger partial charge < -0.3 is 5.32 Å². The molecule has 0 radical (unpaired) electrons. The molecule has 1 unspecified atom stereocenters. The molecule has 1 N–H and O–H groups in total. The van der Waals surface area contributed by atoms with Gasteiger partial charge in [0.05, 0.1) is 23.4 Å². The van der Waals surface area contributed by atoms with E-state index in [1.54, 1.807) is 23.5 Å². The fourth-order valence-electron chi connectivity index (χ4n) is 2.19. The Morgan fingerprint density at radius 3 is 2.79 bits per heavy atom. The van der Waals surface area contributed by atoms with Crippen molar-refractivity contribution in [3.63, 3.8) is 0 Å². The Bertz CT molecular complexity index is 612. The van der Waals surface area contributed by atoms with Crippen LogP contribution in [0.1, 0.15) is 29.3 Å². The lowest BCUT2D eigenvalue weighted by molar-refractivity contribution is 0.618. The Morgan fingerprint density at radius 2 is 2.21 bits per heavy atom. The molecular formula is C15H13FN2S. The van der Waals surface area contributed by atoms with E-state index in [1.807, 2.05) is 17.5 Å². The molecule has 0 amide bonds. The van der Waals surface area contributed by atoms with E-state index in [9.17, 15) is 4.39 Å². The van der Waals surface area contributed by atoms with E-state index in [2.05, 4.69) is 11.4 Å². The van der Waals surface area contributed by atoms with Gasteiger partial charge in [0, 0.05) is 4.88 Å². The molecule has 1 fully saturated rings. The van der Waals surface area contributed by atoms with Crippen LogP contribution >= 0.6 is 11.3 Å². The van der Waals surface area contributed by atoms with Crippen molar-refractivity contribution < 1.29 is 4.39 Å². The molecule has 0 bridgehead atoms. The number of hydrogen-bond donors (Lipinski definition) is 1. The van der Waals surface area contributed by atoms with Crippen LogP contribution in [0.5, 0.6) is 0 Å². The average Bonchev–Trinajstić information content (AvgIpc) is 3.11. The standard InChI is InChI=1S/C15H13FN2S/c16-12-8-10(9-17)3-6-13(12)18-15(11-4-5-11)14-2-1-7-19-14/h1-3,6-8,11,15,18H,4-5H2. The van der Waals surface area contributed by atoms with Crippen molar-refractivity contribution in [3.05, 3.63) is 52.0 Å². The van der Waals surface area contributed by atoms with Crippen molar-refractivity contribution in [1.82, 2.24) is 0 Å². The Balaban J connectivity index is 1.85. The lowest BCUT2D eigenvalue weighted by atomic mass is 10.1. The van der Waals surface area contributed by atoms with E-state index in [1.165, 1.54) is 23.8 Å². The number of nitriles is 1. The summed E-state index contributed by atoms with van der Waals surface area (Å²) in [5, 5.41) is 14.1. The van der Waals surface area contributed by atoms with Crippen molar-refractivity contribution in [2.24, 2.45) is 5.92 Å². The molecular weight excluding hydrogens is 259 g/mol. The third-order valence-corrected chi connectivity index (χ3v) is 4.31. The van der Waals surface area contributed by atoms with Crippen LogP contribution in [-0.4, -0.2) is 0 Å². The molecule has 0 aliphatic heterocycles. The Kier molecular flexibility index (Phi) is 3.22. The Morgan fingerprint density at radius 1 is 1.37 bits per heavy atom. The van der Waals surface area contributed by atoms with E-state index in [0.717, 1.165) is 0 Å². The Hall–Kier alpha value is -1.86. The molecule has 3 rings (SSSR count). The van der Waals surface area contributed by atoms with Gasteiger partial charge in [-0.25, -0.2) is 4.39 Å². The minimum atomic E-state index is -0.360. The molecule has 0 saturated heterocycles. The first kappa shape index (κ1) is 12.2. The molecule has 1 atom stereocenters. The molecule has 1 heterocycles. The molecule has 1 aromatic carbocycles. The maximum Gasteiger partial charge on any atom is 0.147 e. The molecule has 1 aliphatic carbocycles. The van der Waals surface area contributed by atoms with Crippen molar-refractivity contribution in [1.29, 1.82) is 5.26 Å². The Labute approximate surface area is 115 Å². The van der Waals surface area contributed by atoms with Gasteiger partial charge in [-0.2, -0.15) is 5.26 Å². The van der Waals surface area contributed by atoms with E-state index in [0.29, 0.717) is 17.2 Å². The third kappa shape index (κ3) is 2.61. The topological polar surface area (TPSA) is 35.8 Å². The minimum absolute atomic E-state index is 0.183. The number of halogens is 1. The van der Waals surface area contributed by atoms with Gasteiger partial charge in [0.25, 0.3) is 0 Å². The van der Waals surface area contributed by atoms with Gasteiger partial charge in [0.15, 0.2) is 0 Å². The fraction of sp³-hybridized carbons (Fsp3) is 0.267. The van der Waals surface area contributed by atoms with Crippen molar-refractivity contribution in [2.75, 3.05) is 5.32 Å². The maximum atomic E-state index is 13.9. The van der Waals surface area contributed by atoms with Gasteiger partial charge in [-0.3, -0.25) is 0 Å². The quantitative estimate of drug-likeness (QED) is 0.899. The molecule has 1 saturated carbocycles. The summed E-state index contributed by atoms with van der Waals surface area (Å²) in [6, 6.07) is 10.8. The highest BCUT2D eigenvalue weighted by Crippen LogP contribution is 2.44. The molecule has 19 heavy (non-hydrogen) atoms. The van der Waals surface area contributed by atoms with E-state index >= 15 is 0 Å². The molecule has 1 aliphatic rings. The van der Waals surface area contributed by atoms with Crippen LogP contribution in [0, 0.1) is 23.1 Å². The first-order chi connectivity index (χ1) is 9.28. The first-order valence-electron chi connectivity index (χ1n) is 6.27. The van der Waals surface area contributed by atoms with E-state index in [4.69, 9.17) is 5.26 Å². The van der Waals surface area contributed by atoms with Crippen LogP contribution in [0.3, 0.4) is 0 Å². The summed E-state index contributed by atoms with van der Waals surface area (Å²) in [6.45, 7) is 0. The second kappa shape index (κ2) is 5.02. The number of benzene rings is 1. The maximum absolute atomic E-state index is 13.9. The lowest BCUT2D eigenvalue weighted by Crippen LogP contribution is -2.12. The van der Waals surface area contributed by atoms with Gasteiger partial charge >= 0.3 is 0 Å². The zero-order chi connectivity index (χ0) is 13.2. The molecule has 1 aromatic heterocycles. The van der Waals surface area contributed by atoms with Gasteiger partial charge in [0.1, 0.15) is 5.82 Å². The SMILES string of the molecule is N#Cc1ccc(NC(c2cccs2)C2CC2)c(F)c1. The average molecular weight is 272 g/mol. The summed E-state index contributed by atoms with van der Waals surface area (Å²) >= 11 is 1.69. The van der Waals surface area contributed by atoms with Gasteiger partial charge in [-0.05, 0) is 48.4 Å². The van der Waals surface area contributed by atoms with Crippen molar-refractivity contribution in [2.45, 2.75) is 18.9 Å². The number of thiophene rings is 1. The molecule has 2 aromatic rings. The number of anilines is 1. The summed E-state index contributed by atoms with van der Waals surface area (Å²) in [5.74, 6) is 0.231. The van der Waals surface area contributed by atoms with Crippen LogP contribution in [0.15, 0.2) is 35.7 Å². The first-order valence-corrected chi connectivity index (χ1v) is 7.15. The highest BCUT2D eigenvalue weighted by Gasteiger charge is 2.33. The van der Waals surface area contributed by atoms with Crippen LogP contribution in [0.4, 0.5) is 10.1 Å². The number of rotatable bonds is 4. The van der Waals surface area contributed by atoms with Gasteiger partial charge in [-0.1, -0.05) is 6.07 Å². The van der Waals surface area contributed by atoms with E-state index in [-0.39, 0.29) is 11.9 Å². The van der Waals surface area contributed by atoms with E-state index < -0.39 is 0 Å². The molecule has 96 valence electrons. The smallest absolute Gasteiger partial charge is 0.147 e. The molecule has 2 nitrogen and oxygen atoms in total. The predicted molar refractivity (Wildman–Crippen MR) is 74.5 cm³/mol. The summed E-state index contributed by atoms with van der Waals surface area (Å²) in [7, 11) is 0. The fourth-order valence-corrected chi connectivity index (χ4v) is 3.06. The summed E-state index contributed by atoms with van der Waals surface area (Å²) in [4.78, 5) is 1.24. The van der Waals surface area contributed by atoms with Crippen LogP contribution < -0.4 is 5.32 Å². The van der Waals surface area contributed by atoms with Crippen LogP contribution in [0.2, 0.25) is 0 Å². The van der Waals surface area contributed by atoms with Gasteiger partial charge in [-0.15, -0.1) is 11.3 Å². The zero-order valence-corrected chi connectivity index (χ0v) is 11.1. The second-order valence-corrected chi connectivity index (χ2v) is 5.76. The molecule has 0 spiro atoms. The summed E-state index contributed by atoms with van der Waals surface area (Å²) in [6.07, 6.45) is 2.38. The van der Waals surface area contributed by atoms with Gasteiger partial charge in [0.2, 0.25) is 0 Å². The summed E-state index contributed by atoms with van der Waals surface area (Å²) < 4.78 is 13.9. The largest absolute Gasteiger partial charge is 0.375 e. The normalized spacial score (nSPS) is 15.8. The van der Waals surface area contributed by atoms with Crippen LogP contribution in [0.25, 0.3) is 0 Å². The number of hydrogen-bond acceptors (Lipinski definition) is 3. The van der Waals surface area contributed by atoms with Crippen LogP contribution in [-0.2, 0) is 0 Å². The zero-order valence-electron chi connectivity index (χ0n) is 10.3. The monoisotopic (exact) mass is 272 g/mol. The van der Waals surface area contributed by atoms with Crippen molar-refractivity contribution in [3.8, 4) is 6.07 Å². The highest BCUT2D eigenvalue weighted by atomic mass is 32.1.